The van der Waals surface area contributed by atoms with Crippen molar-refractivity contribution in [3.05, 3.63) is 47.3 Å². The van der Waals surface area contributed by atoms with Gasteiger partial charge in [-0.05, 0) is 56.2 Å². The second-order valence-corrected chi connectivity index (χ2v) is 10.0. The number of aliphatic hydroxyl groups excluding tert-OH is 1. The molecule has 1 aliphatic carbocycles. The van der Waals surface area contributed by atoms with Gasteiger partial charge in [-0.25, -0.2) is 23.5 Å². The van der Waals surface area contributed by atoms with Crippen LogP contribution in [0.15, 0.2) is 29.6 Å². The molecule has 2 heterocycles. The van der Waals surface area contributed by atoms with Crippen molar-refractivity contribution in [3.63, 3.8) is 0 Å². The molecule has 218 valence electrons. The van der Waals surface area contributed by atoms with Gasteiger partial charge >= 0.3 is 12.2 Å². The molecule has 2 aliphatic rings. The molecule has 0 radical (unpaired) electrons. The molecule has 1 atom stereocenters. The first-order valence-corrected chi connectivity index (χ1v) is 13.1. The number of urea groups is 1. The molecule has 2 fully saturated rings. The molecule has 40 heavy (non-hydrogen) atoms. The van der Waals surface area contributed by atoms with E-state index in [1.165, 1.54) is 6.92 Å². The molecule has 2 aromatic rings. The normalized spacial score (nSPS) is 19.2. The molecule has 2 amide bonds. The number of amides is 2. The van der Waals surface area contributed by atoms with E-state index in [0.29, 0.717) is 51.6 Å². The molecular weight excluding hydrogens is 539 g/mol. The SMILES string of the molecule is CC(O)CNC(=O)Nc1cc(F)c(C2CCC(=NOC3CCN(c4nccc(C(F)(F)F)n4)CC3)CC2)cc1F. The Kier molecular flexibility index (Phi) is 9.38. The summed E-state index contributed by atoms with van der Waals surface area (Å²) in [5, 5.41) is 18.1. The third kappa shape index (κ3) is 7.77. The van der Waals surface area contributed by atoms with Crippen molar-refractivity contribution in [3.8, 4) is 0 Å². The summed E-state index contributed by atoms with van der Waals surface area (Å²) in [6.45, 7) is 2.30. The van der Waals surface area contributed by atoms with Gasteiger partial charge in [-0.15, -0.1) is 0 Å². The Hall–Kier alpha value is -3.55. The summed E-state index contributed by atoms with van der Waals surface area (Å²) in [5.41, 5.74) is -0.226. The first kappa shape index (κ1) is 29.4. The van der Waals surface area contributed by atoms with Crippen molar-refractivity contribution in [2.45, 2.75) is 69.8 Å². The minimum Gasteiger partial charge on any atom is -0.392 e. The number of aromatic nitrogens is 2. The van der Waals surface area contributed by atoms with E-state index in [1.54, 1.807) is 4.90 Å². The number of carbonyl (C=O) groups excluding carboxylic acids is 1. The zero-order chi connectivity index (χ0) is 28.9. The highest BCUT2D eigenvalue weighted by molar-refractivity contribution is 5.89. The predicted molar refractivity (Wildman–Crippen MR) is 137 cm³/mol. The lowest BCUT2D eigenvalue weighted by atomic mass is 9.83. The first-order valence-electron chi connectivity index (χ1n) is 13.1. The number of nitrogens with zero attached hydrogens (tertiary/aromatic N) is 4. The maximum absolute atomic E-state index is 14.8. The third-order valence-corrected chi connectivity index (χ3v) is 6.88. The summed E-state index contributed by atoms with van der Waals surface area (Å²) in [7, 11) is 0. The van der Waals surface area contributed by atoms with E-state index in [0.717, 1.165) is 30.1 Å². The minimum atomic E-state index is -4.53. The van der Waals surface area contributed by atoms with Crippen molar-refractivity contribution in [2.75, 3.05) is 29.9 Å². The van der Waals surface area contributed by atoms with Gasteiger partial charge in [0, 0.05) is 44.7 Å². The van der Waals surface area contributed by atoms with Crippen molar-refractivity contribution < 1.29 is 36.7 Å². The lowest BCUT2D eigenvalue weighted by Gasteiger charge is -2.31. The van der Waals surface area contributed by atoms with Crippen LogP contribution in [0.25, 0.3) is 0 Å². The number of piperidine rings is 1. The van der Waals surface area contributed by atoms with Crippen LogP contribution in [0.5, 0.6) is 0 Å². The summed E-state index contributed by atoms with van der Waals surface area (Å²) in [6.07, 6.45) is -1.14. The molecule has 9 nitrogen and oxygen atoms in total. The Bertz CT molecular complexity index is 1210. The monoisotopic (exact) mass is 570 g/mol. The van der Waals surface area contributed by atoms with E-state index in [2.05, 4.69) is 25.8 Å². The summed E-state index contributed by atoms with van der Waals surface area (Å²) in [4.78, 5) is 26.8. The zero-order valence-corrected chi connectivity index (χ0v) is 21.8. The predicted octanol–water partition coefficient (Wildman–Crippen LogP) is 4.98. The summed E-state index contributed by atoms with van der Waals surface area (Å²) < 4.78 is 68.2. The van der Waals surface area contributed by atoms with Crippen LogP contribution in [-0.2, 0) is 11.0 Å². The Morgan fingerprint density at radius 2 is 1.88 bits per heavy atom. The van der Waals surface area contributed by atoms with Crippen molar-refractivity contribution >= 4 is 23.4 Å². The number of anilines is 2. The van der Waals surface area contributed by atoms with Gasteiger partial charge in [0.2, 0.25) is 5.95 Å². The summed E-state index contributed by atoms with van der Waals surface area (Å²) in [6, 6.07) is 2.14. The zero-order valence-electron chi connectivity index (χ0n) is 21.8. The fourth-order valence-electron chi connectivity index (χ4n) is 4.70. The van der Waals surface area contributed by atoms with Crippen LogP contribution >= 0.6 is 0 Å². The second kappa shape index (κ2) is 12.7. The van der Waals surface area contributed by atoms with Gasteiger partial charge in [0.15, 0.2) is 0 Å². The molecule has 1 saturated carbocycles. The molecule has 3 N–H and O–H groups in total. The second-order valence-electron chi connectivity index (χ2n) is 10.0. The van der Waals surface area contributed by atoms with E-state index < -0.39 is 35.6 Å². The molecule has 1 saturated heterocycles. The fourth-order valence-corrected chi connectivity index (χ4v) is 4.70. The van der Waals surface area contributed by atoms with Crippen molar-refractivity contribution in [1.82, 2.24) is 15.3 Å². The number of hydrogen-bond acceptors (Lipinski definition) is 7. The van der Waals surface area contributed by atoms with Gasteiger partial charge in [-0.3, -0.25) is 0 Å². The third-order valence-electron chi connectivity index (χ3n) is 6.88. The van der Waals surface area contributed by atoms with E-state index in [-0.39, 0.29) is 35.8 Å². The van der Waals surface area contributed by atoms with E-state index in [4.69, 9.17) is 4.84 Å². The standard InChI is InChI=1S/C26H31F5N6O3/c1-15(38)14-33-25(39)34-22-13-20(27)19(12-21(22)28)16-2-4-17(5-3-16)36-40-18-7-10-37(11-8-18)24-32-9-6-23(35-24)26(29,30)31/h6,9,12-13,15-16,18,38H,2-5,7-8,10-11,14H2,1H3,(H2,33,34,39). The van der Waals surface area contributed by atoms with Gasteiger partial charge < -0.3 is 25.5 Å². The maximum Gasteiger partial charge on any atom is 0.433 e. The van der Waals surface area contributed by atoms with Gasteiger partial charge in [0.25, 0.3) is 0 Å². The molecule has 0 bridgehead atoms. The largest absolute Gasteiger partial charge is 0.433 e. The molecule has 4 rings (SSSR count). The van der Waals surface area contributed by atoms with E-state index in [1.807, 2.05) is 0 Å². The number of rotatable bonds is 7. The Balaban J connectivity index is 1.25. The first-order chi connectivity index (χ1) is 19.0. The van der Waals surface area contributed by atoms with Crippen LogP contribution in [-0.4, -0.2) is 58.7 Å². The number of halogens is 5. The Morgan fingerprint density at radius 3 is 2.52 bits per heavy atom. The molecule has 1 unspecified atom stereocenters. The number of benzene rings is 1. The lowest BCUT2D eigenvalue weighted by Crippen LogP contribution is -2.38. The van der Waals surface area contributed by atoms with Crippen LogP contribution in [0, 0.1) is 11.6 Å². The Labute approximate surface area is 227 Å². The summed E-state index contributed by atoms with van der Waals surface area (Å²) >= 11 is 0. The van der Waals surface area contributed by atoms with Crippen LogP contribution in [0.1, 0.15) is 62.6 Å². The van der Waals surface area contributed by atoms with Crippen LogP contribution in [0.4, 0.5) is 38.4 Å². The van der Waals surface area contributed by atoms with E-state index >= 15 is 0 Å². The number of nitrogens with one attached hydrogen (secondary N) is 2. The molecule has 1 aliphatic heterocycles. The van der Waals surface area contributed by atoms with Gasteiger partial charge in [-0.2, -0.15) is 13.2 Å². The van der Waals surface area contributed by atoms with Gasteiger partial charge in [0.1, 0.15) is 23.4 Å². The highest BCUT2D eigenvalue weighted by atomic mass is 19.4. The lowest BCUT2D eigenvalue weighted by molar-refractivity contribution is -0.141. The maximum atomic E-state index is 14.8. The average Bonchev–Trinajstić information content (AvgIpc) is 2.93. The smallest absolute Gasteiger partial charge is 0.392 e. The Morgan fingerprint density at radius 1 is 1.18 bits per heavy atom. The fraction of sp³-hybridized carbons (Fsp3) is 0.538. The highest BCUT2D eigenvalue weighted by Gasteiger charge is 2.34. The van der Waals surface area contributed by atoms with Crippen molar-refractivity contribution in [1.29, 1.82) is 0 Å². The quantitative estimate of drug-likeness (QED) is 0.320. The van der Waals surface area contributed by atoms with Gasteiger partial charge in [-0.1, -0.05) is 5.16 Å². The topological polar surface area (TPSA) is 112 Å². The van der Waals surface area contributed by atoms with Gasteiger partial charge in [0.05, 0.1) is 17.5 Å². The van der Waals surface area contributed by atoms with Crippen LogP contribution in [0.2, 0.25) is 0 Å². The minimum absolute atomic E-state index is 0.0301. The summed E-state index contributed by atoms with van der Waals surface area (Å²) in [5.74, 6) is -1.56. The van der Waals surface area contributed by atoms with Crippen molar-refractivity contribution in [2.24, 2.45) is 5.16 Å². The van der Waals surface area contributed by atoms with E-state index in [9.17, 15) is 31.9 Å². The highest BCUT2D eigenvalue weighted by Crippen LogP contribution is 2.35. The number of alkyl halides is 3. The molecule has 1 aromatic heterocycles. The van der Waals surface area contributed by atoms with Crippen LogP contribution < -0.4 is 15.5 Å². The molecule has 0 spiro atoms. The number of hydrogen-bond donors (Lipinski definition) is 3. The molecule has 1 aromatic carbocycles. The average molecular weight is 571 g/mol. The number of aliphatic hydroxyl groups is 1. The number of carbonyl (C=O) groups is 1. The molecular formula is C26H31F5N6O3. The van der Waals surface area contributed by atoms with Crippen LogP contribution in [0.3, 0.4) is 0 Å². The molecule has 14 heteroatoms. The number of oxime groups is 1.